The maximum Gasteiger partial charge on any atom is 0.0818 e. The smallest absolute Gasteiger partial charge is 0.0818 e. The van der Waals surface area contributed by atoms with Crippen LogP contribution in [0.1, 0.15) is 12.0 Å². The van der Waals surface area contributed by atoms with Crippen molar-refractivity contribution >= 4 is 0 Å². The molecule has 0 aliphatic carbocycles. The van der Waals surface area contributed by atoms with Gasteiger partial charge in [-0.1, -0.05) is 30.3 Å². The van der Waals surface area contributed by atoms with Crippen molar-refractivity contribution in [1.82, 2.24) is 10.2 Å². The predicted octanol–water partition coefficient (Wildman–Crippen LogP) is 0.229. The van der Waals surface area contributed by atoms with Crippen LogP contribution >= 0.6 is 0 Å². The zero-order valence-corrected chi connectivity index (χ0v) is 13.3. The van der Waals surface area contributed by atoms with E-state index in [-0.39, 0.29) is 6.04 Å². The summed E-state index contributed by atoms with van der Waals surface area (Å²) in [6, 6.07) is 9.84. The Kier molecular flexibility index (Phi) is 7.83. The molecule has 1 fully saturated rings. The molecule has 0 saturated carbocycles. The van der Waals surface area contributed by atoms with Gasteiger partial charge in [0, 0.05) is 25.7 Å². The minimum Gasteiger partial charge on any atom is -0.390 e. The van der Waals surface area contributed by atoms with Gasteiger partial charge in [0.15, 0.2) is 0 Å². The number of morpholine rings is 1. The highest BCUT2D eigenvalue weighted by molar-refractivity contribution is 5.16. The average Bonchev–Trinajstić information content (AvgIpc) is 2.56. The molecule has 1 aromatic carbocycles. The Bertz CT molecular complexity index is 396. The van der Waals surface area contributed by atoms with Gasteiger partial charge >= 0.3 is 0 Å². The lowest BCUT2D eigenvalue weighted by molar-refractivity contribution is 0.0373. The maximum atomic E-state index is 10.1. The number of hydrogen-bond donors (Lipinski definition) is 3. The molecule has 5 nitrogen and oxygen atoms in total. The number of ether oxygens (including phenoxy) is 1. The van der Waals surface area contributed by atoms with Crippen molar-refractivity contribution in [3.05, 3.63) is 35.9 Å². The monoisotopic (exact) mass is 307 g/mol. The summed E-state index contributed by atoms with van der Waals surface area (Å²) in [6.07, 6.45) is 1.28. The molecule has 124 valence electrons. The number of nitrogens with zero attached hydrogens (tertiary/aromatic N) is 1. The molecule has 2 atom stereocenters. The molecule has 1 heterocycles. The zero-order valence-electron chi connectivity index (χ0n) is 13.3. The number of nitrogens with one attached hydrogen (secondary N) is 1. The average molecular weight is 307 g/mol. The van der Waals surface area contributed by atoms with Gasteiger partial charge in [-0.15, -0.1) is 0 Å². The Labute approximate surface area is 133 Å². The van der Waals surface area contributed by atoms with Crippen molar-refractivity contribution in [3.8, 4) is 0 Å². The molecular weight excluding hydrogens is 278 g/mol. The fraction of sp³-hybridized carbons (Fsp3) is 0.647. The van der Waals surface area contributed by atoms with E-state index in [9.17, 15) is 5.11 Å². The highest BCUT2D eigenvalue weighted by atomic mass is 16.5. The molecule has 0 bridgehead atoms. The van der Waals surface area contributed by atoms with Crippen LogP contribution in [0, 0.1) is 0 Å². The molecule has 0 aromatic heterocycles. The summed E-state index contributed by atoms with van der Waals surface area (Å²) >= 11 is 0. The minimum absolute atomic E-state index is 0.228. The fourth-order valence-electron chi connectivity index (χ4n) is 2.68. The third-order valence-electron chi connectivity index (χ3n) is 4.09. The van der Waals surface area contributed by atoms with Crippen molar-refractivity contribution in [2.75, 3.05) is 45.9 Å². The Morgan fingerprint density at radius 3 is 2.68 bits per heavy atom. The van der Waals surface area contributed by atoms with E-state index in [1.165, 1.54) is 5.56 Å². The number of aliphatic hydroxyl groups excluding tert-OH is 1. The summed E-state index contributed by atoms with van der Waals surface area (Å²) < 4.78 is 5.33. The molecule has 5 heteroatoms. The van der Waals surface area contributed by atoms with Gasteiger partial charge in [-0.25, -0.2) is 0 Å². The Balaban J connectivity index is 1.54. The van der Waals surface area contributed by atoms with Crippen LogP contribution in [0.2, 0.25) is 0 Å². The molecule has 0 amide bonds. The third kappa shape index (κ3) is 6.42. The molecular formula is C17H29N3O2. The third-order valence-corrected chi connectivity index (χ3v) is 4.09. The van der Waals surface area contributed by atoms with Crippen LogP contribution in [0.4, 0.5) is 0 Å². The molecule has 1 aliphatic rings. The summed E-state index contributed by atoms with van der Waals surface area (Å²) in [5.41, 5.74) is 7.24. The number of hydrogen-bond acceptors (Lipinski definition) is 5. The van der Waals surface area contributed by atoms with Crippen molar-refractivity contribution in [3.63, 3.8) is 0 Å². The fourth-order valence-corrected chi connectivity index (χ4v) is 2.68. The molecule has 0 spiro atoms. The first-order chi connectivity index (χ1) is 10.8. The number of rotatable bonds is 9. The Hall–Kier alpha value is -0.980. The highest BCUT2D eigenvalue weighted by Gasteiger charge is 2.15. The molecule has 2 rings (SSSR count). The van der Waals surface area contributed by atoms with Gasteiger partial charge in [-0.05, 0) is 31.5 Å². The van der Waals surface area contributed by atoms with Crippen LogP contribution < -0.4 is 11.1 Å². The van der Waals surface area contributed by atoms with Gasteiger partial charge in [-0.3, -0.25) is 4.90 Å². The van der Waals surface area contributed by atoms with Crippen LogP contribution in [0.3, 0.4) is 0 Å². The van der Waals surface area contributed by atoms with E-state index in [0.717, 1.165) is 45.8 Å². The van der Waals surface area contributed by atoms with Crippen molar-refractivity contribution in [1.29, 1.82) is 0 Å². The lowest BCUT2D eigenvalue weighted by Crippen LogP contribution is -2.43. The lowest BCUT2D eigenvalue weighted by atomic mass is 10.0. The van der Waals surface area contributed by atoms with Crippen molar-refractivity contribution < 1.29 is 9.84 Å². The molecule has 1 aromatic rings. The number of benzene rings is 1. The van der Waals surface area contributed by atoms with E-state index in [1.807, 2.05) is 30.3 Å². The van der Waals surface area contributed by atoms with Crippen LogP contribution in [0.25, 0.3) is 0 Å². The van der Waals surface area contributed by atoms with Crippen LogP contribution in [-0.2, 0) is 11.2 Å². The minimum atomic E-state index is -0.511. The second kappa shape index (κ2) is 9.92. The van der Waals surface area contributed by atoms with Crippen LogP contribution in [0.15, 0.2) is 30.3 Å². The zero-order chi connectivity index (χ0) is 15.6. The van der Waals surface area contributed by atoms with E-state index < -0.39 is 6.10 Å². The quantitative estimate of drug-likeness (QED) is 0.570. The summed E-state index contributed by atoms with van der Waals surface area (Å²) in [5, 5.41) is 13.4. The van der Waals surface area contributed by atoms with Crippen LogP contribution in [0.5, 0.6) is 0 Å². The Morgan fingerprint density at radius 1 is 1.23 bits per heavy atom. The summed E-state index contributed by atoms with van der Waals surface area (Å²) in [7, 11) is 0. The predicted molar refractivity (Wildman–Crippen MR) is 88.9 cm³/mol. The molecule has 1 saturated heterocycles. The summed E-state index contributed by atoms with van der Waals surface area (Å²) in [4.78, 5) is 2.42. The first-order valence-electron chi connectivity index (χ1n) is 8.24. The van der Waals surface area contributed by atoms with Gasteiger partial charge in [0.1, 0.15) is 0 Å². The first-order valence-corrected chi connectivity index (χ1v) is 8.24. The van der Waals surface area contributed by atoms with E-state index in [1.54, 1.807) is 0 Å². The van der Waals surface area contributed by atoms with Crippen molar-refractivity contribution in [2.24, 2.45) is 5.73 Å². The second-order valence-electron chi connectivity index (χ2n) is 5.93. The molecule has 4 N–H and O–H groups in total. The Morgan fingerprint density at radius 2 is 1.95 bits per heavy atom. The summed E-state index contributed by atoms with van der Waals surface area (Å²) in [6.45, 7) is 6.31. The van der Waals surface area contributed by atoms with Crippen LogP contribution in [-0.4, -0.2) is 68.1 Å². The normalized spacial score (nSPS) is 19.0. The summed E-state index contributed by atoms with van der Waals surface area (Å²) in [5.74, 6) is 0. The largest absolute Gasteiger partial charge is 0.390 e. The van der Waals surface area contributed by atoms with E-state index >= 15 is 0 Å². The maximum absolute atomic E-state index is 10.1. The van der Waals surface area contributed by atoms with Gasteiger partial charge in [0.2, 0.25) is 0 Å². The van der Waals surface area contributed by atoms with Crippen molar-refractivity contribution in [2.45, 2.75) is 25.0 Å². The molecule has 0 radical (unpaired) electrons. The van der Waals surface area contributed by atoms with Gasteiger partial charge < -0.3 is 20.9 Å². The first kappa shape index (κ1) is 17.4. The number of nitrogens with two attached hydrogens (primary N) is 1. The molecule has 1 aliphatic heterocycles. The number of aliphatic hydroxyl groups is 1. The van der Waals surface area contributed by atoms with E-state index in [2.05, 4.69) is 10.2 Å². The highest BCUT2D eigenvalue weighted by Crippen LogP contribution is 2.04. The lowest BCUT2D eigenvalue weighted by Gasteiger charge is -2.26. The van der Waals surface area contributed by atoms with Gasteiger partial charge in [-0.2, -0.15) is 0 Å². The van der Waals surface area contributed by atoms with Gasteiger partial charge in [0.05, 0.1) is 19.3 Å². The van der Waals surface area contributed by atoms with E-state index in [4.69, 9.17) is 10.5 Å². The topological polar surface area (TPSA) is 70.8 Å². The molecule has 22 heavy (non-hydrogen) atoms. The molecule has 0 unspecified atom stereocenters. The SMILES string of the molecule is N[C@@H](Cc1ccccc1)[C@H](O)CNCCCN1CCOCC1. The second-order valence-corrected chi connectivity index (χ2v) is 5.93. The van der Waals surface area contributed by atoms with E-state index in [0.29, 0.717) is 13.0 Å². The van der Waals surface area contributed by atoms with Gasteiger partial charge in [0.25, 0.3) is 0 Å². The standard InChI is InChI=1S/C17H29N3O2/c18-16(13-15-5-2-1-3-6-15)17(21)14-19-7-4-8-20-9-11-22-12-10-20/h1-3,5-6,16-17,19,21H,4,7-14,18H2/t16-,17+/m0/s1.